The fourth-order valence-corrected chi connectivity index (χ4v) is 1.45. The van der Waals surface area contributed by atoms with Crippen LogP contribution in [0, 0.1) is 6.92 Å². The molecule has 0 aliphatic rings. The van der Waals surface area contributed by atoms with Crippen molar-refractivity contribution in [3.8, 4) is 10.8 Å². The quantitative estimate of drug-likeness (QED) is 0.645. The van der Waals surface area contributed by atoms with Gasteiger partial charge in [-0.1, -0.05) is 5.16 Å². The van der Waals surface area contributed by atoms with Crippen molar-refractivity contribution in [2.45, 2.75) is 6.92 Å². The van der Waals surface area contributed by atoms with E-state index in [0.717, 1.165) is 10.7 Å². The fourth-order valence-electron chi connectivity index (χ4n) is 0.721. The van der Waals surface area contributed by atoms with Crippen LogP contribution in [0.1, 0.15) is 5.69 Å². The summed E-state index contributed by atoms with van der Waals surface area (Å²) in [5.74, 6) is 0.558. The zero-order valence-electron chi connectivity index (χ0n) is 5.81. The van der Waals surface area contributed by atoms with Gasteiger partial charge in [-0.05, 0) is 6.92 Å². The van der Waals surface area contributed by atoms with E-state index in [4.69, 9.17) is 0 Å². The van der Waals surface area contributed by atoms with Crippen molar-refractivity contribution in [3.63, 3.8) is 0 Å². The minimum atomic E-state index is 0.558. The van der Waals surface area contributed by atoms with E-state index in [1.165, 1.54) is 17.7 Å². The van der Waals surface area contributed by atoms with Crippen LogP contribution in [-0.4, -0.2) is 15.1 Å². The van der Waals surface area contributed by atoms with Gasteiger partial charge in [-0.15, -0.1) is 11.3 Å². The van der Waals surface area contributed by atoms with E-state index in [1.54, 1.807) is 0 Å². The molecular formula is C6H5N3OS. The Labute approximate surface area is 66.9 Å². The van der Waals surface area contributed by atoms with Gasteiger partial charge in [-0.3, -0.25) is 0 Å². The number of thiazole rings is 1. The van der Waals surface area contributed by atoms with Crippen LogP contribution in [-0.2, 0) is 0 Å². The maximum Gasteiger partial charge on any atom is 0.231 e. The third-order valence-electron chi connectivity index (χ3n) is 1.17. The average Bonchev–Trinajstić information content (AvgIpc) is 2.55. The molecule has 0 aliphatic carbocycles. The maximum absolute atomic E-state index is 4.58. The van der Waals surface area contributed by atoms with Gasteiger partial charge in [0.2, 0.25) is 12.2 Å². The van der Waals surface area contributed by atoms with Gasteiger partial charge in [0.1, 0.15) is 0 Å². The number of hydrogen-bond acceptors (Lipinski definition) is 5. The second-order valence-corrected chi connectivity index (χ2v) is 2.91. The molecule has 0 aromatic carbocycles. The highest BCUT2D eigenvalue weighted by molar-refractivity contribution is 7.13. The maximum atomic E-state index is 4.58. The molecule has 0 atom stereocenters. The van der Waals surface area contributed by atoms with Crippen LogP contribution < -0.4 is 0 Å². The van der Waals surface area contributed by atoms with Crippen molar-refractivity contribution in [1.29, 1.82) is 0 Å². The molecule has 4 nitrogen and oxygen atoms in total. The van der Waals surface area contributed by atoms with E-state index in [1.807, 2.05) is 12.3 Å². The molecule has 0 saturated carbocycles. The summed E-state index contributed by atoms with van der Waals surface area (Å²) < 4.78 is 4.58. The molecule has 2 rings (SSSR count). The first-order valence-electron chi connectivity index (χ1n) is 3.05. The first-order chi connectivity index (χ1) is 5.36. The predicted octanol–water partition coefficient (Wildman–Crippen LogP) is 1.50. The van der Waals surface area contributed by atoms with Crippen molar-refractivity contribution in [2.75, 3.05) is 0 Å². The van der Waals surface area contributed by atoms with Gasteiger partial charge in [0.15, 0.2) is 5.01 Å². The highest BCUT2D eigenvalue weighted by atomic mass is 32.1. The van der Waals surface area contributed by atoms with Crippen LogP contribution >= 0.6 is 11.3 Å². The molecule has 0 saturated heterocycles. The normalized spacial score (nSPS) is 10.3. The molecule has 0 unspecified atom stereocenters. The molecule has 2 heterocycles. The standard InChI is InChI=1S/C6H5N3OS/c1-4-2-11-6(8-4)5-7-3-10-9-5/h2-3H,1H3. The summed E-state index contributed by atoms with van der Waals surface area (Å²) in [4.78, 5) is 8.06. The van der Waals surface area contributed by atoms with Crippen molar-refractivity contribution in [2.24, 2.45) is 0 Å². The van der Waals surface area contributed by atoms with Crippen LogP contribution in [0.2, 0.25) is 0 Å². The molecule has 5 heteroatoms. The second-order valence-electron chi connectivity index (χ2n) is 2.05. The van der Waals surface area contributed by atoms with Crippen molar-refractivity contribution >= 4 is 11.3 Å². The number of nitrogens with zero attached hydrogens (tertiary/aromatic N) is 3. The minimum Gasteiger partial charge on any atom is -0.342 e. The van der Waals surface area contributed by atoms with Gasteiger partial charge in [0.05, 0.1) is 0 Å². The van der Waals surface area contributed by atoms with E-state index < -0.39 is 0 Å². The highest BCUT2D eigenvalue weighted by Gasteiger charge is 2.05. The second kappa shape index (κ2) is 2.43. The summed E-state index contributed by atoms with van der Waals surface area (Å²) in [5, 5.41) is 6.41. The summed E-state index contributed by atoms with van der Waals surface area (Å²) in [6.45, 7) is 1.93. The van der Waals surface area contributed by atoms with Crippen LogP contribution in [0.3, 0.4) is 0 Å². The first kappa shape index (κ1) is 6.48. The Kier molecular flexibility index (Phi) is 1.43. The Bertz CT molecular complexity index is 340. The molecule has 2 aromatic rings. The SMILES string of the molecule is Cc1csc(-c2ncon2)n1. The van der Waals surface area contributed by atoms with Crippen LogP contribution in [0.4, 0.5) is 0 Å². The summed E-state index contributed by atoms with van der Waals surface area (Å²) in [6.07, 6.45) is 1.30. The average molecular weight is 167 g/mol. The van der Waals surface area contributed by atoms with Gasteiger partial charge in [-0.2, -0.15) is 4.98 Å². The van der Waals surface area contributed by atoms with Crippen LogP contribution in [0.5, 0.6) is 0 Å². The van der Waals surface area contributed by atoms with Crippen molar-refractivity contribution < 1.29 is 4.52 Å². The van der Waals surface area contributed by atoms with Gasteiger partial charge in [-0.25, -0.2) is 4.98 Å². The Morgan fingerprint density at radius 1 is 1.55 bits per heavy atom. The predicted molar refractivity (Wildman–Crippen MR) is 40.1 cm³/mol. The molecule has 2 aromatic heterocycles. The van der Waals surface area contributed by atoms with Gasteiger partial charge >= 0.3 is 0 Å². The van der Waals surface area contributed by atoms with Gasteiger partial charge < -0.3 is 4.52 Å². The molecule has 0 aliphatic heterocycles. The molecule has 0 fully saturated rings. The zero-order chi connectivity index (χ0) is 7.68. The van der Waals surface area contributed by atoms with E-state index in [0.29, 0.717) is 5.82 Å². The van der Waals surface area contributed by atoms with E-state index >= 15 is 0 Å². The lowest BCUT2D eigenvalue weighted by atomic mass is 10.6. The van der Waals surface area contributed by atoms with Gasteiger partial charge in [0.25, 0.3) is 0 Å². The van der Waals surface area contributed by atoms with Gasteiger partial charge in [0, 0.05) is 11.1 Å². The molecule has 56 valence electrons. The number of aryl methyl sites for hydroxylation is 1. The Morgan fingerprint density at radius 2 is 2.45 bits per heavy atom. The summed E-state index contributed by atoms with van der Waals surface area (Å²) in [5.41, 5.74) is 0.981. The summed E-state index contributed by atoms with van der Waals surface area (Å²) in [7, 11) is 0. The third-order valence-corrected chi connectivity index (χ3v) is 2.13. The van der Waals surface area contributed by atoms with Crippen molar-refractivity contribution in [1.82, 2.24) is 15.1 Å². The van der Waals surface area contributed by atoms with E-state index in [2.05, 4.69) is 19.6 Å². The monoisotopic (exact) mass is 167 g/mol. The van der Waals surface area contributed by atoms with Crippen LogP contribution in [0.25, 0.3) is 10.8 Å². The number of aromatic nitrogens is 3. The highest BCUT2D eigenvalue weighted by Crippen LogP contribution is 2.18. The molecule has 0 bridgehead atoms. The largest absolute Gasteiger partial charge is 0.342 e. The lowest BCUT2D eigenvalue weighted by molar-refractivity contribution is 0.418. The summed E-state index contributed by atoms with van der Waals surface area (Å²) in [6, 6.07) is 0. The number of hydrogen-bond donors (Lipinski definition) is 0. The fraction of sp³-hybridized carbons (Fsp3) is 0.167. The Hall–Kier alpha value is -1.23. The molecule has 0 amide bonds. The lowest BCUT2D eigenvalue weighted by Crippen LogP contribution is -1.77. The molecule has 11 heavy (non-hydrogen) atoms. The first-order valence-corrected chi connectivity index (χ1v) is 3.93. The molecule has 0 N–H and O–H groups in total. The van der Waals surface area contributed by atoms with E-state index in [9.17, 15) is 0 Å². The van der Waals surface area contributed by atoms with Crippen molar-refractivity contribution in [3.05, 3.63) is 17.5 Å². The smallest absolute Gasteiger partial charge is 0.231 e. The minimum absolute atomic E-state index is 0.558. The molecule has 0 radical (unpaired) electrons. The number of rotatable bonds is 1. The zero-order valence-corrected chi connectivity index (χ0v) is 6.63. The molecule has 0 spiro atoms. The summed E-state index contributed by atoms with van der Waals surface area (Å²) >= 11 is 1.51. The third kappa shape index (κ3) is 1.14. The van der Waals surface area contributed by atoms with Crippen LogP contribution in [0.15, 0.2) is 16.3 Å². The lowest BCUT2D eigenvalue weighted by Gasteiger charge is -1.80. The topological polar surface area (TPSA) is 51.8 Å². The Morgan fingerprint density at radius 3 is 3.00 bits per heavy atom. The van der Waals surface area contributed by atoms with E-state index in [-0.39, 0.29) is 0 Å². The Balaban J connectivity index is 2.45. The molecular weight excluding hydrogens is 162 g/mol.